The number of rotatable bonds is 2. The molecule has 2 heterocycles. The topological polar surface area (TPSA) is 63.5 Å². The minimum atomic E-state index is -0.227. The Hall–Kier alpha value is -2.40. The van der Waals surface area contributed by atoms with E-state index in [1.54, 1.807) is 36.5 Å². The van der Waals surface area contributed by atoms with Gasteiger partial charge in [0.25, 0.3) is 11.5 Å². The normalized spacial score (nSPS) is 15.6. The molecule has 0 atom stereocenters. The first-order valence-corrected chi connectivity index (χ1v) is 8.92. The van der Waals surface area contributed by atoms with Gasteiger partial charge in [-0.3, -0.25) is 14.0 Å². The number of carbonyl (C=O) groups excluding carboxylic acids is 1. The number of hydrogen-bond donors (Lipinski definition) is 1. The lowest BCUT2D eigenvalue weighted by Gasteiger charge is -2.22. The van der Waals surface area contributed by atoms with Crippen molar-refractivity contribution in [2.75, 3.05) is 0 Å². The summed E-state index contributed by atoms with van der Waals surface area (Å²) < 4.78 is 1.41. The Bertz CT molecular complexity index is 1020. The van der Waals surface area contributed by atoms with Gasteiger partial charge in [0.15, 0.2) is 0 Å². The van der Waals surface area contributed by atoms with Gasteiger partial charge in [0.05, 0.1) is 16.5 Å². The Morgan fingerprint density at radius 3 is 2.76 bits per heavy atom. The van der Waals surface area contributed by atoms with Crippen molar-refractivity contribution < 1.29 is 4.79 Å². The fraction of sp³-hybridized carbons (Fsp3) is 0.316. The summed E-state index contributed by atoms with van der Waals surface area (Å²) in [5.74, 6) is -0.146. The van der Waals surface area contributed by atoms with Crippen LogP contribution in [0.1, 0.15) is 42.5 Å². The minimum Gasteiger partial charge on any atom is -0.349 e. The zero-order valence-corrected chi connectivity index (χ0v) is 14.4. The van der Waals surface area contributed by atoms with Crippen LogP contribution < -0.4 is 10.9 Å². The van der Waals surface area contributed by atoms with E-state index in [1.807, 2.05) is 0 Å². The molecule has 2 aromatic heterocycles. The van der Waals surface area contributed by atoms with E-state index < -0.39 is 0 Å². The molecular weight excluding hydrogens is 338 g/mol. The minimum absolute atomic E-state index is 0.146. The van der Waals surface area contributed by atoms with Gasteiger partial charge in [-0.1, -0.05) is 30.9 Å². The molecule has 1 aliphatic rings. The van der Waals surface area contributed by atoms with Crippen molar-refractivity contribution in [2.45, 2.75) is 38.1 Å². The number of amides is 1. The van der Waals surface area contributed by atoms with Crippen LogP contribution in [0.5, 0.6) is 0 Å². The van der Waals surface area contributed by atoms with Crippen LogP contribution >= 0.6 is 11.6 Å². The number of carbonyl (C=O) groups is 1. The molecule has 0 radical (unpaired) electrons. The van der Waals surface area contributed by atoms with Crippen molar-refractivity contribution in [1.82, 2.24) is 14.7 Å². The second kappa shape index (κ2) is 6.48. The summed E-state index contributed by atoms with van der Waals surface area (Å²) in [6.07, 6.45) is 7.13. The average molecular weight is 356 g/mol. The summed E-state index contributed by atoms with van der Waals surface area (Å²) in [5.41, 5.74) is 1.33. The van der Waals surface area contributed by atoms with Crippen molar-refractivity contribution in [1.29, 1.82) is 0 Å². The van der Waals surface area contributed by atoms with E-state index in [2.05, 4.69) is 10.3 Å². The molecule has 128 valence electrons. The number of benzene rings is 1. The highest BCUT2D eigenvalue weighted by Crippen LogP contribution is 2.18. The Kier molecular flexibility index (Phi) is 4.17. The lowest BCUT2D eigenvalue weighted by molar-refractivity contribution is 0.0927. The van der Waals surface area contributed by atoms with Crippen LogP contribution in [0.4, 0.5) is 0 Å². The molecule has 0 unspecified atom stereocenters. The highest BCUT2D eigenvalue weighted by molar-refractivity contribution is 6.31. The molecule has 1 N–H and O–H groups in total. The van der Waals surface area contributed by atoms with Crippen LogP contribution in [-0.4, -0.2) is 21.3 Å². The molecule has 1 aliphatic carbocycles. The van der Waals surface area contributed by atoms with Crippen molar-refractivity contribution in [3.63, 3.8) is 0 Å². The first-order valence-electron chi connectivity index (χ1n) is 8.54. The molecule has 1 fully saturated rings. The van der Waals surface area contributed by atoms with Crippen molar-refractivity contribution >= 4 is 34.1 Å². The third-order valence-corrected chi connectivity index (χ3v) is 5.01. The third-order valence-electron chi connectivity index (χ3n) is 4.77. The molecule has 1 saturated carbocycles. The molecule has 0 bridgehead atoms. The monoisotopic (exact) mass is 355 g/mol. The second-order valence-electron chi connectivity index (χ2n) is 6.53. The average Bonchev–Trinajstić information content (AvgIpc) is 2.63. The number of hydrogen-bond acceptors (Lipinski definition) is 3. The molecule has 1 amide bonds. The Labute approximate surface area is 149 Å². The number of halogens is 1. The van der Waals surface area contributed by atoms with Gasteiger partial charge in [-0.2, -0.15) is 0 Å². The fourth-order valence-electron chi connectivity index (χ4n) is 3.43. The molecule has 4 rings (SSSR count). The van der Waals surface area contributed by atoms with Crippen LogP contribution in [0.25, 0.3) is 16.6 Å². The molecular formula is C19H18ClN3O2. The summed E-state index contributed by atoms with van der Waals surface area (Å²) in [6.45, 7) is 0. The Morgan fingerprint density at radius 1 is 1.16 bits per heavy atom. The molecule has 0 aliphatic heterocycles. The maximum absolute atomic E-state index is 12.7. The Balaban J connectivity index is 1.73. The lowest BCUT2D eigenvalue weighted by atomic mass is 9.95. The highest BCUT2D eigenvalue weighted by Gasteiger charge is 2.17. The largest absolute Gasteiger partial charge is 0.349 e. The lowest BCUT2D eigenvalue weighted by Crippen LogP contribution is -2.36. The van der Waals surface area contributed by atoms with E-state index in [0.717, 1.165) is 25.7 Å². The van der Waals surface area contributed by atoms with Gasteiger partial charge in [0.1, 0.15) is 5.65 Å². The number of nitrogens with zero attached hydrogens (tertiary/aromatic N) is 2. The number of pyridine rings is 1. The van der Waals surface area contributed by atoms with Crippen LogP contribution in [0.3, 0.4) is 0 Å². The first kappa shape index (κ1) is 16.1. The molecule has 3 aromatic rings. The predicted octanol–water partition coefficient (Wildman–Crippen LogP) is 3.56. The number of nitrogens with one attached hydrogen (secondary N) is 1. The molecule has 5 nitrogen and oxygen atoms in total. The van der Waals surface area contributed by atoms with Gasteiger partial charge in [-0.15, -0.1) is 0 Å². The van der Waals surface area contributed by atoms with E-state index in [9.17, 15) is 9.59 Å². The molecule has 1 aromatic carbocycles. The third kappa shape index (κ3) is 3.12. The van der Waals surface area contributed by atoms with Gasteiger partial charge in [-0.25, -0.2) is 4.98 Å². The highest BCUT2D eigenvalue weighted by atomic mass is 35.5. The van der Waals surface area contributed by atoms with E-state index >= 15 is 0 Å². The van der Waals surface area contributed by atoms with Crippen molar-refractivity contribution in [3.8, 4) is 0 Å². The zero-order valence-electron chi connectivity index (χ0n) is 13.7. The van der Waals surface area contributed by atoms with Crippen LogP contribution in [-0.2, 0) is 0 Å². The standard InChI is InChI=1S/C19H18ClN3O2/c20-13-7-8-16-15(10-13)19(25)23-11-12(6-9-17(23)22-16)18(24)21-14-4-2-1-3-5-14/h6-11,14H,1-5H2,(H,21,24). The Morgan fingerprint density at radius 2 is 1.96 bits per heavy atom. The SMILES string of the molecule is O=C(NC1CCCCC1)c1ccc2nc3ccc(Cl)cc3c(=O)n2c1. The maximum atomic E-state index is 12.7. The van der Waals surface area contributed by atoms with Gasteiger partial charge in [0.2, 0.25) is 0 Å². The summed E-state index contributed by atoms with van der Waals surface area (Å²) in [6, 6.07) is 8.67. The van der Waals surface area contributed by atoms with Crippen LogP contribution in [0.2, 0.25) is 5.02 Å². The van der Waals surface area contributed by atoms with Crippen LogP contribution in [0.15, 0.2) is 41.3 Å². The smallest absolute Gasteiger partial charge is 0.265 e. The van der Waals surface area contributed by atoms with Gasteiger partial charge in [-0.05, 0) is 43.2 Å². The molecule has 6 heteroatoms. The molecule has 0 spiro atoms. The van der Waals surface area contributed by atoms with E-state index in [4.69, 9.17) is 11.6 Å². The molecule has 25 heavy (non-hydrogen) atoms. The zero-order chi connectivity index (χ0) is 17.4. The first-order chi connectivity index (χ1) is 12.1. The molecule has 0 saturated heterocycles. The van der Waals surface area contributed by atoms with E-state index in [0.29, 0.717) is 27.1 Å². The second-order valence-corrected chi connectivity index (χ2v) is 6.97. The maximum Gasteiger partial charge on any atom is 0.265 e. The van der Waals surface area contributed by atoms with Gasteiger partial charge >= 0.3 is 0 Å². The predicted molar refractivity (Wildman–Crippen MR) is 98.3 cm³/mol. The van der Waals surface area contributed by atoms with Gasteiger partial charge < -0.3 is 5.32 Å². The summed E-state index contributed by atoms with van der Waals surface area (Å²) >= 11 is 5.99. The number of aromatic nitrogens is 2. The van der Waals surface area contributed by atoms with Crippen LogP contribution in [0, 0.1) is 0 Å². The van der Waals surface area contributed by atoms with Crippen molar-refractivity contribution in [3.05, 3.63) is 57.5 Å². The van der Waals surface area contributed by atoms with Crippen molar-refractivity contribution in [2.24, 2.45) is 0 Å². The fourth-order valence-corrected chi connectivity index (χ4v) is 3.60. The summed E-state index contributed by atoms with van der Waals surface area (Å²) in [4.78, 5) is 29.7. The van der Waals surface area contributed by atoms with Gasteiger partial charge in [0, 0.05) is 17.3 Å². The number of fused-ring (bicyclic) bond motifs is 2. The van der Waals surface area contributed by atoms with E-state index in [1.165, 1.54) is 10.8 Å². The van der Waals surface area contributed by atoms with E-state index in [-0.39, 0.29) is 17.5 Å². The quantitative estimate of drug-likeness (QED) is 0.715. The summed E-state index contributed by atoms with van der Waals surface area (Å²) in [5, 5.41) is 3.99. The summed E-state index contributed by atoms with van der Waals surface area (Å²) in [7, 11) is 0.